The van der Waals surface area contributed by atoms with Crippen molar-refractivity contribution in [2.75, 3.05) is 6.54 Å². The highest BCUT2D eigenvalue weighted by Crippen LogP contribution is 2.69. The van der Waals surface area contributed by atoms with Crippen LogP contribution in [0.3, 0.4) is 0 Å². The lowest BCUT2D eigenvalue weighted by molar-refractivity contribution is 0.119. The summed E-state index contributed by atoms with van der Waals surface area (Å²) in [5, 5.41) is 8.41. The molecule has 10 nitrogen and oxygen atoms in total. The largest absolute Gasteiger partial charge is 0.445 e. The average Bonchev–Trinajstić information content (AvgIpc) is 2.48. The lowest BCUT2D eigenvalue weighted by atomic mass is 10.2. The van der Waals surface area contributed by atoms with Gasteiger partial charge in [0.1, 0.15) is 6.61 Å². The summed E-state index contributed by atoms with van der Waals surface area (Å²) in [7, 11) is -11.0. The number of ether oxygens (including phenoxy) is 1. The summed E-state index contributed by atoms with van der Waals surface area (Å²) in [6, 6.07) is 8.82. The second-order valence-corrected chi connectivity index (χ2v) is 8.96. The Morgan fingerprint density at radius 1 is 1.08 bits per heavy atom. The van der Waals surface area contributed by atoms with E-state index in [0.29, 0.717) is 0 Å². The number of aliphatic hydroxyl groups is 1. The van der Waals surface area contributed by atoms with E-state index in [1.165, 1.54) is 0 Å². The minimum absolute atomic E-state index is 0.0155. The van der Waals surface area contributed by atoms with Crippen LogP contribution in [0, 0.1) is 0 Å². The fraction of sp³-hybridized carbons (Fsp3) is 0.417. The molecule has 0 bridgehead atoms. The Morgan fingerprint density at radius 2 is 1.62 bits per heavy atom. The van der Waals surface area contributed by atoms with Gasteiger partial charge in [0.05, 0.1) is 0 Å². The molecule has 12 heteroatoms. The van der Waals surface area contributed by atoms with Crippen molar-refractivity contribution in [2.24, 2.45) is 0 Å². The Bertz CT molecular complexity index is 617. The van der Waals surface area contributed by atoms with Gasteiger partial charge >= 0.3 is 21.3 Å². The van der Waals surface area contributed by atoms with Crippen LogP contribution in [0.15, 0.2) is 30.3 Å². The summed E-state index contributed by atoms with van der Waals surface area (Å²) in [5.41, 5.74) is 0.755. The van der Waals surface area contributed by atoms with Gasteiger partial charge in [0.15, 0.2) is 0 Å². The zero-order chi connectivity index (χ0) is 18.4. The summed E-state index contributed by atoms with van der Waals surface area (Å²) >= 11 is 0. The molecule has 0 aliphatic carbocycles. The van der Waals surface area contributed by atoms with Crippen molar-refractivity contribution in [1.82, 2.24) is 5.32 Å². The third-order valence-corrected chi connectivity index (χ3v) is 6.98. The normalized spacial score (nSPS) is 12.7. The number of nitrogens with one attached hydrogen (secondary N) is 1. The van der Waals surface area contributed by atoms with E-state index in [0.717, 1.165) is 5.56 Å². The summed E-state index contributed by atoms with van der Waals surface area (Å²) in [6.07, 6.45) is -2.00. The van der Waals surface area contributed by atoms with Crippen LogP contribution < -0.4 is 5.32 Å². The first-order valence-electron chi connectivity index (χ1n) is 6.75. The zero-order valence-electron chi connectivity index (χ0n) is 12.5. The molecule has 0 spiro atoms. The molecule has 0 aliphatic heterocycles. The number of hydrogen-bond acceptors (Lipinski definition) is 5. The van der Waals surface area contributed by atoms with Crippen LogP contribution in [0.5, 0.6) is 0 Å². The molecule has 0 saturated carbocycles. The average molecular weight is 383 g/mol. The van der Waals surface area contributed by atoms with E-state index in [-0.39, 0.29) is 19.6 Å². The SMILES string of the molecule is O=C(NCCCC(O)(P(=O)(O)O)P(=O)(O)O)OCc1ccccc1. The first-order chi connectivity index (χ1) is 11.0. The second kappa shape index (κ2) is 8.22. The van der Waals surface area contributed by atoms with E-state index in [9.17, 15) is 19.0 Å². The van der Waals surface area contributed by atoms with Gasteiger partial charge in [0.25, 0.3) is 5.08 Å². The van der Waals surface area contributed by atoms with E-state index in [1.807, 2.05) is 0 Å². The highest BCUT2D eigenvalue weighted by Gasteiger charge is 2.58. The monoisotopic (exact) mass is 383 g/mol. The standard InChI is InChI=1S/C12H19NO9P2/c14-11(22-9-10-5-2-1-3-6-10)13-8-4-7-12(15,23(16,17)18)24(19,20)21/h1-3,5-6,15H,4,7-9H2,(H,13,14)(H2,16,17,18)(H2,19,20,21). The predicted molar refractivity (Wildman–Crippen MR) is 82.9 cm³/mol. The summed E-state index contributed by atoms with van der Waals surface area (Å²) in [6.45, 7) is -0.183. The molecule has 1 aromatic rings. The molecule has 0 radical (unpaired) electrons. The maximum atomic E-state index is 11.4. The van der Waals surface area contributed by atoms with Crippen LogP contribution in [0.1, 0.15) is 18.4 Å². The zero-order valence-corrected chi connectivity index (χ0v) is 14.3. The Kier molecular flexibility index (Phi) is 7.12. The van der Waals surface area contributed by atoms with Gasteiger partial charge in [-0.05, 0) is 12.0 Å². The van der Waals surface area contributed by atoms with Crippen LogP contribution in [0.25, 0.3) is 0 Å². The molecule has 24 heavy (non-hydrogen) atoms. The van der Waals surface area contributed by atoms with Gasteiger partial charge in [-0.25, -0.2) is 4.79 Å². The Labute approximate surface area is 137 Å². The summed E-state index contributed by atoms with van der Waals surface area (Å²) in [4.78, 5) is 47.2. The van der Waals surface area contributed by atoms with Crippen molar-refractivity contribution in [2.45, 2.75) is 24.5 Å². The molecule has 1 rings (SSSR count). The quantitative estimate of drug-likeness (QED) is 0.279. The summed E-state index contributed by atoms with van der Waals surface area (Å²) in [5.74, 6) is 0. The highest BCUT2D eigenvalue weighted by atomic mass is 31.2. The fourth-order valence-electron chi connectivity index (χ4n) is 1.75. The molecule has 0 aromatic heterocycles. The minimum Gasteiger partial charge on any atom is -0.445 e. The van der Waals surface area contributed by atoms with E-state index >= 15 is 0 Å². The molecule has 6 N–H and O–H groups in total. The molecule has 0 unspecified atom stereocenters. The number of carbonyl (C=O) groups excluding carboxylic acids is 1. The number of alkyl carbamates (subject to hydrolysis) is 1. The first kappa shape index (κ1) is 20.8. The molecular formula is C12H19NO9P2. The molecule has 1 amide bonds. The Hall–Kier alpha value is -1.25. The van der Waals surface area contributed by atoms with Crippen molar-refractivity contribution in [1.29, 1.82) is 0 Å². The third kappa shape index (κ3) is 5.68. The molecule has 0 aliphatic rings. The van der Waals surface area contributed by atoms with Gasteiger partial charge < -0.3 is 34.7 Å². The van der Waals surface area contributed by atoms with E-state index < -0.39 is 32.8 Å². The lowest BCUT2D eigenvalue weighted by Crippen LogP contribution is -2.31. The van der Waals surface area contributed by atoms with Crippen molar-refractivity contribution >= 4 is 21.3 Å². The van der Waals surface area contributed by atoms with Crippen LogP contribution in [-0.4, -0.2) is 42.4 Å². The number of amides is 1. The molecule has 0 heterocycles. The molecule has 136 valence electrons. The first-order valence-corrected chi connectivity index (χ1v) is 9.98. The van der Waals surface area contributed by atoms with E-state index in [4.69, 9.17) is 24.3 Å². The molecule has 0 atom stereocenters. The van der Waals surface area contributed by atoms with E-state index in [2.05, 4.69) is 5.32 Å². The van der Waals surface area contributed by atoms with Gasteiger partial charge in [0.2, 0.25) is 0 Å². The highest BCUT2D eigenvalue weighted by molar-refractivity contribution is 7.72. The van der Waals surface area contributed by atoms with Crippen molar-refractivity contribution in [3.8, 4) is 0 Å². The van der Waals surface area contributed by atoms with Crippen LogP contribution >= 0.6 is 15.2 Å². The Morgan fingerprint density at radius 3 is 2.12 bits per heavy atom. The number of hydrogen-bond donors (Lipinski definition) is 6. The molecule has 1 aromatic carbocycles. The maximum absolute atomic E-state index is 11.4. The fourth-order valence-corrected chi connectivity index (χ4v) is 4.01. The molecular weight excluding hydrogens is 364 g/mol. The number of carbonyl (C=O) groups is 1. The number of benzene rings is 1. The second-order valence-electron chi connectivity index (χ2n) is 4.95. The van der Waals surface area contributed by atoms with Crippen molar-refractivity contribution < 1.29 is 43.3 Å². The number of rotatable bonds is 8. The predicted octanol–water partition coefficient (Wildman–Crippen LogP) is 0.694. The van der Waals surface area contributed by atoms with Crippen LogP contribution in [0.2, 0.25) is 0 Å². The molecule has 0 saturated heterocycles. The molecule has 0 fully saturated rings. The lowest BCUT2D eigenvalue weighted by Gasteiger charge is -2.29. The van der Waals surface area contributed by atoms with Gasteiger partial charge in [-0.1, -0.05) is 30.3 Å². The summed E-state index contributed by atoms with van der Waals surface area (Å²) < 4.78 is 27.1. The smallest absolute Gasteiger partial charge is 0.407 e. The third-order valence-electron chi connectivity index (χ3n) is 3.10. The van der Waals surface area contributed by atoms with Crippen molar-refractivity contribution in [3.05, 3.63) is 35.9 Å². The van der Waals surface area contributed by atoms with Gasteiger partial charge in [-0.3, -0.25) is 9.13 Å². The van der Waals surface area contributed by atoms with Crippen LogP contribution in [0.4, 0.5) is 4.79 Å². The van der Waals surface area contributed by atoms with Gasteiger partial charge in [0, 0.05) is 13.0 Å². The maximum Gasteiger partial charge on any atom is 0.407 e. The van der Waals surface area contributed by atoms with E-state index in [1.54, 1.807) is 30.3 Å². The van der Waals surface area contributed by atoms with Crippen molar-refractivity contribution in [3.63, 3.8) is 0 Å². The Balaban J connectivity index is 2.42. The topological polar surface area (TPSA) is 174 Å². The minimum atomic E-state index is -5.48. The van der Waals surface area contributed by atoms with Gasteiger partial charge in [-0.15, -0.1) is 0 Å². The van der Waals surface area contributed by atoms with Crippen LogP contribution in [-0.2, 0) is 20.5 Å². The van der Waals surface area contributed by atoms with Gasteiger partial charge in [-0.2, -0.15) is 0 Å².